The molecule has 1 rings (SSSR count). The third kappa shape index (κ3) is 3.64. The van der Waals surface area contributed by atoms with Crippen molar-refractivity contribution in [3.63, 3.8) is 0 Å². The van der Waals surface area contributed by atoms with E-state index in [-0.39, 0.29) is 5.91 Å². The molecule has 0 heterocycles. The Morgan fingerprint density at radius 1 is 1.50 bits per heavy atom. The van der Waals surface area contributed by atoms with Crippen LogP contribution in [0.2, 0.25) is 0 Å². The highest BCUT2D eigenvalue weighted by Gasteiger charge is 2.29. The van der Waals surface area contributed by atoms with Gasteiger partial charge in [-0.3, -0.25) is 4.79 Å². The average Bonchev–Trinajstić information content (AvgIpc) is 2.29. The van der Waals surface area contributed by atoms with E-state index in [1.807, 2.05) is 32.0 Å². The molecule has 0 spiro atoms. The van der Waals surface area contributed by atoms with Crippen LogP contribution in [0, 0.1) is 6.92 Å². The lowest BCUT2D eigenvalue weighted by Crippen LogP contribution is -2.34. The maximum Gasteiger partial charge on any atom is 0.245 e. The van der Waals surface area contributed by atoms with Gasteiger partial charge in [-0.05, 0) is 44.0 Å². The maximum atomic E-state index is 12.0. The molecule has 3 nitrogen and oxygen atoms in total. The molecule has 0 bridgehead atoms. The zero-order valence-electron chi connectivity index (χ0n) is 11.3. The number of amides is 1. The first kappa shape index (κ1) is 14.8. The van der Waals surface area contributed by atoms with E-state index in [1.54, 1.807) is 14.0 Å². The number of alkyl halides is 1. The first-order valence-corrected chi connectivity index (χ1v) is 6.43. The molecule has 1 aromatic carbocycles. The van der Waals surface area contributed by atoms with Crippen molar-refractivity contribution in [3.05, 3.63) is 23.8 Å². The van der Waals surface area contributed by atoms with Gasteiger partial charge in [-0.15, -0.1) is 11.6 Å². The predicted octanol–water partition coefficient (Wildman–Crippen LogP) is 3.74. The summed E-state index contributed by atoms with van der Waals surface area (Å²) in [6.07, 6.45) is 1.52. The standard InChI is InChI=1S/C14H20ClNO2/c1-5-8-14(3,15)13(17)16-11-6-7-12(18-4)10(2)9-11/h6-7,9H,5,8H2,1-4H3,(H,16,17). The summed E-state index contributed by atoms with van der Waals surface area (Å²) in [6, 6.07) is 5.51. The Balaban J connectivity index is 2.79. The summed E-state index contributed by atoms with van der Waals surface area (Å²) in [5, 5.41) is 2.83. The Bertz CT molecular complexity index is 430. The minimum absolute atomic E-state index is 0.171. The van der Waals surface area contributed by atoms with Crippen LogP contribution >= 0.6 is 11.6 Å². The second kappa shape index (κ2) is 6.10. The van der Waals surface area contributed by atoms with Crippen molar-refractivity contribution in [2.45, 2.75) is 38.5 Å². The van der Waals surface area contributed by atoms with Gasteiger partial charge < -0.3 is 10.1 Å². The van der Waals surface area contributed by atoms with Crippen molar-refractivity contribution in [3.8, 4) is 5.75 Å². The summed E-state index contributed by atoms with van der Waals surface area (Å²) in [5.41, 5.74) is 1.71. The van der Waals surface area contributed by atoms with Crippen LogP contribution in [-0.2, 0) is 4.79 Å². The molecule has 4 heteroatoms. The molecule has 0 fully saturated rings. The molecule has 1 unspecified atom stereocenters. The number of anilines is 1. The van der Waals surface area contributed by atoms with Crippen LogP contribution in [0.4, 0.5) is 5.69 Å². The molecular weight excluding hydrogens is 250 g/mol. The van der Waals surface area contributed by atoms with Crippen LogP contribution < -0.4 is 10.1 Å². The van der Waals surface area contributed by atoms with Gasteiger partial charge >= 0.3 is 0 Å². The minimum Gasteiger partial charge on any atom is -0.496 e. The number of rotatable bonds is 5. The van der Waals surface area contributed by atoms with Crippen LogP contribution in [0.15, 0.2) is 18.2 Å². The predicted molar refractivity (Wildman–Crippen MR) is 75.5 cm³/mol. The van der Waals surface area contributed by atoms with Gasteiger partial charge in [0.15, 0.2) is 0 Å². The number of aryl methyl sites for hydroxylation is 1. The first-order chi connectivity index (χ1) is 8.40. The molecule has 1 aromatic rings. The monoisotopic (exact) mass is 269 g/mol. The normalized spacial score (nSPS) is 13.8. The Labute approximate surface area is 113 Å². The molecule has 1 atom stereocenters. The van der Waals surface area contributed by atoms with E-state index in [2.05, 4.69) is 5.32 Å². The summed E-state index contributed by atoms with van der Waals surface area (Å²) >= 11 is 6.20. The molecule has 0 aliphatic carbocycles. The quantitative estimate of drug-likeness (QED) is 0.827. The number of hydrogen-bond acceptors (Lipinski definition) is 2. The van der Waals surface area contributed by atoms with Crippen molar-refractivity contribution >= 4 is 23.2 Å². The van der Waals surface area contributed by atoms with Gasteiger partial charge in [-0.2, -0.15) is 0 Å². The smallest absolute Gasteiger partial charge is 0.245 e. The number of methoxy groups -OCH3 is 1. The summed E-state index contributed by atoms with van der Waals surface area (Å²) in [4.78, 5) is 11.2. The number of carbonyl (C=O) groups excluding carboxylic acids is 1. The lowest BCUT2D eigenvalue weighted by atomic mass is 10.0. The highest BCUT2D eigenvalue weighted by Crippen LogP contribution is 2.25. The van der Waals surface area contributed by atoms with Gasteiger partial charge in [0, 0.05) is 5.69 Å². The summed E-state index contributed by atoms with van der Waals surface area (Å²) in [5.74, 6) is 0.630. The maximum absolute atomic E-state index is 12.0. The molecule has 0 saturated carbocycles. The van der Waals surface area contributed by atoms with Gasteiger partial charge in [-0.1, -0.05) is 13.3 Å². The zero-order valence-corrected chi connectivity index (χ0v) is 12.1. The topological polar surface area (TPSA) is 38.3 Å². The average molecular weight is 270 g/mol. The number of nitrogens with one attached hydrogen (secondary N) is 1. The number of carbonyl (C=O) groups is 1. The first-order valence-electron chi connectivity index (χ1n) is 6.05. The Kier molecular flexibility index (Phi) is 5.03. The SMILES string of the molecule is CCCC(C)(Cl)C(=O)Nc1ccc(OC)c(C)c1. The summed E-state index contributed by atoms with van der Waals surface area (Å²) in [6.45, 7) is 5.68. The fourth-order valence-electron chi connectivity index (χ4n) is 1.80. The van der Waals surface area contributed by atoms with Crippen LogP contribution in [0.25, 0.3) is 0 Å². The fraction of sp³-hybridized carbons (Fsp3) is 0.500. The van der Waals surface area contributed by atoms with E-state index in [9.17, 15) is 4.79 Å². The summed E-state index contributed by atoms with van der Waals surface area (Å²) < 4.78 is 5.17. The highest BCUT2D eigenvalue weighted by atomic mass is 35.5. The van der Waals surface area contributed by atoms with E-state index in [1.165, 1.54) is 0 Å². The number of benzene rings is 1. The Hall–Kier alpha value is -1.22. The fourth-order valence-corrected chi connectivity index (χ4v) is 2.04. The molecule has 18 heavy (non-hydrogen) atoms. The van der Waals surface area contributed by atoms with Gasteiger partial charge in [-0.25, -0.2) is 0 Å². The number of halogens is 1. The van der Waals surface area contributed by atoms with Gasteiger partial charge in [0.05, 0.1) is 7.11 Å². The van der Waals surface area contributed by atoms with Crippen molar-refractivity contribution in [1.29, 1.82) is 0 Å². The number of ether oxygens (including phenoxy) is 1. The highest BCUT2D eigenvalue weighted by molar-refractivity contribution is 6.36. The Morgan fingerprint density at radius 3 is 2.67 bits per heavy atom. The van der Waals surface area contributed by atoms with Crippen LogP contribution in [-0.4, -0.2) is 17.9 Å². The van der Waals surface area contributed by atoms with Crippen LogP contribution in [0.5, 0.6) is 5.75 Å². The largest absolute Gasteiger partial charge is 0.496 e. The lowest BCUT2D eigenvalue weighted by Gasteiger charge is -2.20. The molecule has 0 aliphatic heterocycles. The second-order valence-corrected chi connectivity index (χ2v) is 5.42. The third-order valence-electron chi connectivity index (χ3n) is 2.85. The molecular formula is C14H20ClNO2. The van der Waals surface area contributed by atoms with E-state index in [4.69, 9.17) is 16.3 Å². The van der Waals surface area contributed by atoms with Crippen LogP contribution in [0.1, 0.15) is 32.3 Å². The second-order valence-electron chi connectivity index (χ2n) is 4.59. The van der Waals surface area contributed by atoms with E-state index >= 15 is 0 Å². The van der Waals surface area contributed by atoms with Crippen molar-refractivity contribution in [2.75, 3.05) is 12.4 Å². The molecule has 1 amide bonds. The minimum atomic E-state index is -0.859. The van der Waals surface area contributed by atoms with E-state index < -0.39 is 4.87 Å². The molecule has 1 N–H and O–H groups in total. The van der Waals surface area contributed by atoms with Crippen LogP contribution in [0.3, 0.4) is 0 Å². The van der Waals surface area contributed by atoms with Gasteiger partial charge in [0.25, 0.3) is 0 Å². The lowest BCUT2D eigenvalue weighted by molar-refractivity contribution is -0.118. The van der Waals surface area contributed by atoms with Crippen molar-refractivity contribution in [1.82, 2.24) is 0 Å². The molecule has 0 aliphatic rings. The molecule has 0 aromatic heterocycles. The van der Waals surface area contributed by atoms with Gasteiger partial charge in [0.2, 0.25) is 5.91 Å². The molecule has 100 valence electrons. The summed E-state index contributed by atoms with van der Waals surface area (Å²) in [7, 11) is 1.62. The Morgan fingerprint density at radius 2 is 2.17 bits per heavy atom. The molecule has 0 saturated heterocycles. The number of hydrogen-bond donors (Lipinski definition) is 1. The van der Waals surface area contributed by atoms with E-state index in [0.717, 1.165) is 23.4 Å². The zero-order chi connectivity index (χ0) is 13.8. The molecule has 0 radical (unpaired) electrons. The van der Waals surface area contributed by atoms with Gasteiger partial charge in [0.1, 0.15) is 10.6 Å². The van der Waals surface area contributed by atoms with E-state index in [0.29, 0.717) is 6.42 Å². The third-order valence-corrected chi connectivity index (χ3v) is 3.21. The van der Waals surface area contributed by atoms with Crippen molar-refractivity contribution < 1.29 is 9.53 Å². The van der Waals surface area contributed by atoms with Crippen molar-refractivity contribution in [2.24, 2.45) is 0 Å².